The molecular weight excluding hydrogens is 418 g/mol. The molecule has 4 rings (SSSR count). The van der Waals surface area contributed by atoms with Crippen LogP contribution in [0.15, 0.2) is 40.9 Å². The molecule has 3 aromatic rings. The smallest absolute Gasteiger partial charge is 0.287 e. The minimum Gasteiger partial charge on any atom is -0.287 e. The number of imide groups is 1. The summed E-state index contributed by atoms with van der Waals surface area (Å²) in [7, 11) is 0. The third-order valence-electron chi connectivity index (χ3n) is 3.95. The van der Waals surface area contributed by atoms with Crippen molar-refractivity contribution in [3.63, 3.8) is 0 Å². The van der Waals surface area contributed by atoms with Crippen LogP contribution in [0.3, 0.4) is 0 Å². The molecule has 1 aliphatic heterocycles. The summed E-state index contributed by atoms with van der Waals surface area (Å²) in [5.74, 6) is 0.809. The minimum absolute atomic E-state index is 0.0204. The van der Waals surface area contributed by atoms with E-state index in [1.165, 1.54) is 6.20 Å². The van der Waals surface area contributed by atoms with E-state index in [9.17, 15) is 19.2 Å². The number of hydrogen-bond acceptors (Lipinski definition) is 10. The number of nitrogens with one attached hydrogen (secondary N) is 2. The summed E-state index contributed by atoms with van der Waals surface area (Å²) in [6, 6.07) is 6.21. The van der Waals surface area contributed by atoms with Crippen molar-refractivity contribution in [3.8, 4) is 0 Å². The number of carbonyl (C=O) groups excluding carboxylic acids is 4. The van der Waals surface area contributed by atoms with Gasteiger partial charge in [-0.2, -0.15) is 5.10 Å². The Balaban J connectivity index is 1.83. The van der Waals surface area contributed by atoms with Gasteiger partial charge in [-0.1, -0.05) is 12.1 Å². The second-order valence-electron chi connectivity index (χ2n) is 5.66. The van der Waals surface area contributed by atoms with Crippen LogP contribution in [-0.2, 0) is 14.4 Å². The van der Waals surface area contributed by atoms with Gasteiger partial charge in [0, 0.05) is 11.6 Å². The second kappa shape index (κ2) is 7.46. The highest BCUT2D eigenvalue weighted by Gasteiger charge is 2.49. The molecule has 1 saturated heterocycles. The molecule has 1 atom stereocenters. The molecule has 2 aromatic heterocycles. The number of aromatic nitrogens is 2. The number of amides is 4. The number of nitrogens with zero attached hydrogens (tertiary/aromatic N) is 4. The van der Waals surface area contributed by atoms with Gasteiger partial charge in [0.05, 0.1) is 10.2 Å². The van der Waals surface area contributed by atoms with E-state index in [-0.39, 0.29) is 15.9 Å². The van der Waals surface area contributed by atoms with Crippen molar-refractivity contribution in [2.45, 2.75) is 5.92 Å². The fourth-order valence-corrected chi connectivity index (χ4v) is 4.39. The molecule has 29 heavy (non-hydrogen) atoms. The van der Waals surface area contributed by atoms with Crippen LogP contribution in [0.1, 0.15) is 10.9 Å². The zero-order valence-electron chi connectivity index (χ0n) is 14.4. The average Bonchev–Trinajstić information content (AvgIpc) is 3.39. The summed E-state index contributed by atoms with van der Waals surface area (Å²) in [5, 5.41) is 5.55. The van der Waals surface area contributed by atoms with Gasteiger partial charge in [-0.05, 0) is 12.1 Å². The molecule has 0 spiro atoms. The number of nitrogens with two attached hydrogens (primary N) is 1. The summed E-state index contributed by atoms with van der Waals surface area (Å²) in [6.07, 6.45) is 1.39. The van der Waals surface area contributed by atoms with Crippen molar-refractivity contribution in [1.29, 1.82) is 0 Å². The van der Waals surface area contributed by atoms with Crippen LogP contribution in [0.5, 0.6) is 0 Å². The van der Waals surface area contributed by atoms with Crippen molar-refractivity contribution >= 4 is 67.4 Å². The normalized spacial score (nSPS) is 18.5. The molecule has 4 amide bonds. The highest BCUT2D eigenvalue weighted by atomic mass is 32.1. The van der Waals surface area contributed by atoms with Crippen LogP contribution >= 0.6 is 22.7 Å². The molecule has 1 aliphatic rings. The Hall–Kier alpha value is -3.55. The standard InChI is InChI=1S/C16H11N7O4S2/c17-20-15(27)22-21-10-9(12-19-7-3-1-2-4-8(7)29-12)11(24)14(26)23(13(10)25)16-18-5-6-28-16/h1-6,9H,17H2,(H2,20,22,27)/b21-10-/t9-/m1/s1. The van der Waals surface area contributed by atoms with Gasteiger partial charge in [-0.3, -0.25) is 19.8 Å². The maximum absolute atomic E-state index is 13.0. The van der Waals surface area contributed by atoms with E-state index in [4.69, 9.17) is 5.84 Å². The molecule has 3 heterocycles. The first-order valence-corrected chi connectivity index (χ1v) is 9.72. The maximum atomic E-state index is 13.0. The van der Waals surface area contributed by atoms with Crippen molar-refractivity contribution in [2.75, 3.05) is 4.90 Å². The lowest BCUT2D eigenvalue weighted by molar-refractivity contribution is -0.139. The zero-order valence-corrected chi connectivity index (χ0v) is 16.0. The summed E-state index contributed by atoms with van der Waals surface area (Å²) < 4.78 is 0.768. The third kappa shape index (κ3) is 3.26. The number of piperidine rings is 1. The maximum Gasteiger partial charge on any atom is 0.349 e. The number of carbonyl (C=O) groups is 4. The Kier molecular flexibility index (Phi) is 4.84. The van der Waals surface area contributed by atoms with Gasteiger partial charge in [-0.25, -0.2) is 30.9 Å². The number of Topliss-reactive ketones (excluding diaryl/α,β-unsaturated/α-hetero) is 1. The molecule has 1 aromatic carbocycles. The van der Waals surface area contributed by atoms with Gasteiger partial charge in [0.25, 0.3) is 5.91 Å². The molecule has 11 nitrogen and oxygen atoms in total. The molecule has 0 aliphatic carbocycles. The molecule has 0 bridgehead atoms. The molecule has 4 N–H and O–H groups in total. The minimum atomic E-state index is -1.36. The van der Waals surface area contributed by atoms with E-state index in [0.717, 1.165) is 27.4 Å². The van der Waals surface area contributed by atoms with Gasteiger partial charge in [0.1, 0.15) is 16.6 Å². The molecule has 1 fully saturated rings. The molecule has 13 heteroatoms. The van der Waals surface area contributed by atoms with Crippen molar-refractivity contribution in [3.05, 3.63) is 40.8 Å². The van der Waals surface area contributed by atoms with E-state index >= 15 is 0 Å². The number of anilines is 1. The first-order valence-electron chi connectivity index (χ1n) is 8.03. The van der Waals surface area contributed by atoms with E-state index in [2.05, 4.69) is 15.1 Å². The van der Waals surface area contributed by atoms with Gasteiger partial charge >= 0.3 is 11.9 Å². The number of thiazole rings is 2. The van der Waals surface area contributed by atoms with E-state index < -0.39 is 29.5 Å². The SMILES string of the molecule is NNC(=O)N/N=C1\C(=O)N(c2nccs2)C(=O)C(=O)[C@@H]1c1nc2ccccc2s1. The lowest BCUT2D eigenvalue weighted by Gasteiger charge is -2.27. The Bertz CT molecular complexity index is 1140. The molecule has 146 valence electrons. The summed E-state index contributed by atoms with van der Waals surface area (Å²) in [5.41, 5.74) is 4.06. The second-order valence-corrected chi connectivity index (χ2v) is 7.60. The predicted octanol–water partition coefficient (Wildman–Crippen LogP) is 0.508. The number of hydrogen-bond donors (Lipinski definition) is 3. The first-order chi connectivity index (χ1) is 14.0. The molecule has 0 radical (unpaired) electrons. The van der Waals surface area contributed by atoms with Crippen LogP contribution in [0.2, 0.25) is 0 Å². The summed E-state index contributed by atoms with van der Waals surface area (Å²) >= 11 is 2.16. The summed E-state index contributed by atoms with van der Waals surface area (Å²) in [4.78, 5) is 59.1. The number of hydrazine groups is 1. The molecule has 0 saturated carbocycles. The Morgan fingerprint density at radius 1 is 1.21 bits per heavy atom. The Morgan fingerprint density at radius 3 is 2.69 bits per heavy atom. The van der Waals surface area contributed by atoms with Crippen LogP contribution in [0, 0.1) is 0 Å². The molecule has 0 unspecified atom stereocenters. The van der Waals surface area contributed by atoms with Crippen molar-refractivity contribution < 1.29 is 19.2 Å². The number of benzene rings is 1. The number of rotatable bonds is 3. The average molecular weight is 429 g/mol. The highest BCUT2D eigenvalue weighted by Crippen LogP contribution is 2.33. The number of hydrazone groups is 1. The van der Waals surface area contributed by atoms with E-state index in [1.54, 1.807) is 35.1 Å². The summed E-state index contributed by atoms with van der Waals surface area (Å²) in [6.45, 7) is 0. The highest BCUT2D eigenvalue weighted by molar-refractivity contribution is 7.19. The zero-order chi connectivity index (χ0) is 20.5. The number of para-hydroxylation sites is 1. The van der Waals surface area contributed by atoms with Crippen LogP contribution in [0.25, 0.3) is 10.2 Å². The lowest BCUT2D eigenvalue weighted by Crippen LogP contribution is -2.55. The first kappa shape index (κ1) is 18.8. The fraction of sp³-hybridized carbons (Fsp3) is 0.0625. The number of ketones is 1. The van der Waals surface area contributed by atoms with E-state index in [0.29, 0.717) is 10.4 Å². The third-order valence-corrected chi connectivity index (χ3v) is 5.81. The number of urea groups is 1. The molecular formula is C16H11N7O4S2. The fourth-order valence-electron chi connectivity index (χ4n) is 2.69. The Morgan fingerprint density at radius 2 is 2.00 bits per heavy atom. The van der Waals surface area contributed by atoms with Crippen LogP contribution < -0.4 is 21.6 Å². The van der Waals surface area contributed by atoms with Gasteiger partial charge in [0.15, 0.2) is 5.13 Å². The van der Waals surface area contributed by atoms with Gasteiger partial charge in [-0.15, -0.1) is 22.7 Å². The largest absolute Gasteiger partial charge is 0.349 e. The lowest BCUT2D eigenvalue weighted by atomic mass is 9.92. The quantitative estimate of drug-likeness (QED) is 0.180. The van der Waals surface area contributed by atoms with Crippen molar-refractivity contribution in [2.24, 2.45) is 10.9 Å². The topological polar surface area (TPSA) is 160 Å². The van der Waals surface area contributed by atoms with E-state index in [1.807, 2.05) is 5.43 Å². The Labute approximate surface area is 170 Å². The van der Waals surface area contributed by atoms with Crippen molar-refractivity contribution in [1.82, 2.24) is 20.8 Å². The van der Waals surface area contributed by atoms with Gasteiger partial charge in [0.2, 0.25) is 5.78 Å². The predicted molar refractivity (Wildman–Crippen MR) is 105 cm³/mol. The number of fused-ring (bicyclic) bond motifs is 1. The monoisotopic (exact) mass is 429 g/mol. The van der Waals surface area contributed by atoms with Crippen LogP contribution in [-0.4, -0.2) is 39.3 Å². The van der Waals surface area contributed by atoms with Crippen LogP contribution in [0.4, 0.5) is 9.93 Å². The van der Waals surface area contributed by atoms with Gasteiger partial charge < -0.3 is 0 Å².